The van der Waals surface area contributed by atoms with Crippen molar-refractivity contribution in [2.75, 3.05) is 0 Å². The highest BCUT2D eigenvalue weighted by molar-refractivity contribution is 5.84. The van der Waals surface area contributed by atoms with Gasteiger partial charge >= 0.3 is 0 Å². The number of aryl methyl sites for hydroxylation is 1. The summed E-state index contributed by atoms with van der Waals surface area (Å²) in [4.78, 5) is 0. The molecule has 0 amide bonds. The third kappa shape index (κ3) is 2.60. The minimum atomic E-state index is 0.148. The predicted octanol–water partition coefficient (Wildman–Crippen LogP) is 4.98. The first kappa shape index (κ1) is 13.2. The monoisotopic (exact) mass is 243 g/mol. The van der Waals surface area contributed by atoms with Gasteiger partial charge in [0.05, 0.1) is 0 Å². The molecule has 18 heavy (non-hydrogen) atoms. The zero-order chi connectivity index (χ0) is 13.3. The maximum atomic E-state index is 2.41. The summed E-state index contributed by atoms with van der Waals surface area (Å²) in [5.41, 5.74) is 3.01. The van der Waals surface area contributed by atoms with E-state index in [4.69, 9.17) is 0 Å². The lowest BCUT2D eigenvalue weighted by Crippen LogP contribution is -2.20. The van der Waals surface area contributed by atoms with Crippen LogP contribution in [-0.4, -0.2) is 4.57 Å². The molecule has 0 atom stereocenters. The van der Waals surface area contributed by atoms with Crippen LogP contribution in [0.4, 0.5) is 0 Å². The van der Waals surface area contributed by atoms with Crippen molar-refractivity contribution in [3.8, 4) is 0 Å². The van der Waals surface area contributed by atoms with E-state index in [0.29, 0.717) is 0 Å². The van der Waals surface area contributed by atoms with E-state index in [1.807, 2.05) is 0 Å². The molecule has 1 nitrogen and oxygen atoms in total. The summed E-state index contributed by atoms with van der Waals surface area (Å²) in [5.74, 6) is 0.766. The molecule has 0 fully saturated rings. The van der Waals surface area contributed by atoms with Gasteiger partial charge in [0.15, 0.2) is 0 Å². The molecule has 0 saturated heterocycles. The molecule has 0 bridgehead atoms. The third-order valence-corrected chi connectivity index (χ3v) is 3.51. The van der Waals surface area contributed by atoms with Gasteiger partial charge in [-0.3, -0.25) is 0 Å². The fourth-order valence-corrected chi connectivity index (χ4v) is 2.45. The van der Waals surface area contributed by atoms with E-state index in [1.54, 1.807) is 0 Å². The van der Waals surface area contributed by atoms with Crippen LogP contribution in [0.1, 0.15) is 46.6 Å². The summed E-state index contributed by atoms with van der Waals surface area (Å²) in [7, 11) is 0. The second kappa shape index (κ2) is 4.79. The maximum absolute atomic E-state index is 2.41. The van der Waals surface area contributed by atoms with E-state index < -0.39 is 0 Å². The number of benzene rings is 1. The van der Waals surface area contributed by atoms with Crippen molar-refractivity contribution in [3.63, 3.8) is 0 Å². The largest absolute Gasteiger partial charge is 0.342 e. The predicted molar refractivity (Wildman–Crippen MR) is 80.1 cm³/mol. The Balaban J connectivity index is 2.48. The summed E-state index contributed by atoms with van der Waals surface area (Å²) in [6, 6.07) is 8.78. The quantitative estimate of drug-likeness (QED) is 0.716. The average molecular weight is 243 g/mol. The van der Waals surface area contributed by atoms with Gasteiger partial charge in [0.2, 0.25) is 0 Å². The van der Waals surface area contributed by atoms with Crippen molar-refractivity contribution < 1.29 is 0 Å². The van der Waals surface area contributed by atoms with Crippen LogP contribution in [0.15, 0.2) is 30.5 Å². The Hall–Kier alpha value is -1.24. The molecule has 2 aromatic rings. The topological polar surface area (TPSA) is 4.93 Å². The number of aromatic nitrogens is 1. The third-order valence-electron chi connectivity index (χ3n) is 3.51. The molecule has 2 rings (SSSR count). The van der Waals surface area contributed by atoms with Crippen LogP contribution in [-0.2, 0) is 12.0 Å². The van der Waals surface area contributed by atoms with Crippen molar-refractivity contribution in [1.29, 1.82) is 0 Å². The lowest BCUT2D eigenvalue weighted by Gasteiger charge is -2.22. The van der Waals surface area contributed by atoms with Crippen LogP contribution in [0, 0.1) is 5.92 Å². The van der Waals surface area contributed by atoms with Crippen molar-refractivity contribution >= 4 is 10.9 Å². The zero-order valence-corrected chi connectivity index (χ0v) is 12.3. The molecule has 0 saturated carbocycles. The molecular weight excluding hydrogens is 218 g/mol. The van der Waals surface area contributed by atoms with E-state index in [-0.39, 0.29) is 5.54 Å². The fourth-order valence-electron chi connectivity index (χ4n) is 2.45. The molecule has 1 aromatic carbocycles. The van der Waals surface area contributed by atoms with Gasteiger partial charge in [0.25, 0.3) is 0 Å². The van der Waals surface area contributed by atoms with Gasteiger partial charge in [0, 0.05) is 22.6 Å². The summed E-state index contributed by atoms with van der Waals surface area (Å²) in [6.07, 6.45) is 4.80. The van der Waals surface area contributed by atoms with Gasteiger partial charge in [0.1, 0.15) is 0 Å². The molecule has 0 aliphatic heterocycles. The molecule has 0 spiro atoms. The van der Waals surface area contributed by atoms with Gasteiger partial charge in [-0.2, -0.15) is 0 Å². The van der Waals surface area contributed by atoms with Crippen LogP contribution in [0.2, 0.25) is 0 Å². The molecule has 1 heterocycles. The van der Waals surface area contributed by atoms with Crippen molar-refractivity contribution in [2.24, 2.45) is 5.92 Å². The van der Waals surface area contributed by atoms with Gasteiger partial charge in [-0.1, -0.05) is 32.0 Å². The van der Waals surface area contributed by atoms with Gasteiger partial charge in [-0.25, -0.2) is 0 Å². The lowest BCUT2D eigenvalue weighted by molar-refractivity contribution is 0.410. The summed E-state index contributed by atoms with van der Waals surface area (Å²) in [5, 5.41) is 1.42. The number of fused-ring (bicyclic) bond motifs is 1. The van der Waals surface area contributed by atoms with Gasteiger partial charge in [-0.15, -0.1) is 0 Å². The van der Waals surface area contributed by atoms with Crippen LogP contribution in [0.25, 0.3) is 10.9 Å². The fraction of sp³-hybridized carbons (Fsp3) is 0.529. The highest BCUT2D eigenvalue weighted by Crippen LogP contribution is 2.28. The molecular formula is C17H25N. The van der Waals surface area contributed by atoms with Crippen molar-refractivity contribution in [1.82, 2.24) is 4.57 Å². The van der Waals surface area contributed by atoms with E-state index in [9.17, 15) is 0 Å². The SMILES string of the molecule is CC(C)CCc1cn(C(C)(C)C)c2ccccc12. The first-order chi connectivity index (χ1) is 8.39. The van der Waals surface area contributed by atoms with E-state index in [1.165, 1.54) is 29.3 Å². The Morgan fingerprint density at radius 1 is 1.11 bits per heavy atom. The molecule has 0 aliphatic rings. The molecule has 0 N–H and O–H groups in total. The first-order valence-electron chi connectivity index (χ1n) is 6.99. The van der Waals surface area contributed by atoms with Crippen molar-refractivity contribution in [2.45, 2.75) is 53.0 Å². The summed E-state index contributed by atoms with van der Waals surface area (Å²) >= 11 is 0. The number of hydrogen-bond acceptors (Lipinski definition) is 0. The Bertz CT molecular complexity index is 526. The number of nitrogens with zero attached hydrogens (tertiary/aromatic N) is 1. The van der Waals surface area contributed by atoms with Gasteiger partial charge in [-0.05, 0) is 51.2 Å². The van der Waals surface area contributed by atoms with E-state index in [2.05, 4.69) is 69.6 Å². The van der Waals surface area contributed by atoms with Crippen molar-refractivity contribution in [3.05, 3.63) is 36.0 Å². The first-order valence-corrected chi connectivity index (χ1v) is 6.99. The highest BCUT2D eigenvalue weighted by atomic mass is 15.0. The zero-order valence-electron chi connectivity index (χ0n) is 12.3. The number of hydrogen-bond donors (Lipinski definition) is 0. The number of rotatable bonds is 3. The average Bonchev–Trinajstić information content (AvgIpc) is 2.65. The summed E-state index contributed by atoms with van der Waals surface area (Å²) in [6.45, 7) is 11.4. The minimum Gasteiger partial charge on any atom is -0.342 e. The van der Waals surface area contributed by atoms with Crippen LogP contribution in [0.5, 0.6) is 0 Å². The Kier molecular flexibility index (Phi) is 3.52. The molecule has 98 valence electrons. The van der Waals surface area contributed by atoms with Crippen LogP contribution >= 0.6 is 0 Å². The van der Waals surface area contributed by atoms with E-state index >= 15 is 0 Å². The Morgan fingerprint density at radius 3 is 2.39 bits per heavy atom. The molecule has 1 heteroatoms. The molecule has 0 unspecified atom stereocenters. The second-order valence-electron chi connectivity index (χ2n) is 6.64. The molecule has 1 aromatic heterocycles. The lowest BCUT2D eigenvalue weighted by atomic mass is 10.0. The van der Waals surface area contributed by atoms with Gasteiger partial charge < -0.3 is 4.57 Å². The van der Waals surface area contributed by atoms with Crippen LogP contribution in [0.3, 0.4) is 0 Å². The highest BCUT2D eigenvalue weighted by Gasteiger charge is 2.17. The molecule has 0 radical (unpaired) electrons. The Labute approximate surface area is 111 Å². The smallest absolute Gasteiger partial charge is 0.0488 e. The maximum Gasteiger partial charge on any atom is 0.0488 e. The van der Waals surface area contributed by atoms with E-state index in [0.717, 1.165) is 5.92 Å². The second-order valence-corrected chi connectivity index (χ2v) is 6.64. The van der Waals surface area contributed by atoms with Crippen LogP contribution < -0.4 is 0 Å². The number of para-hydroxylation sites is 1. The minimum absolute atomic E-state index is 0.148. The normalized spacial score (nSPS) is 12.6. The standard InChI is InChI=1S/C17H25N/c1-13(2)10-11-14-12-18(17(3,4)5)16-9-7-6-8-15(14)16/h6-9,12-13H,10-11H2,1-5H3. The summed E-state index contributed by atoms with van der Waals surface area (Å²) < 4.78 is 2.41. The Morgan fingerprint density at radius 2 is 1.78 bits per heavy atom. The molecule has 0 aliphatic carbocycles.